The fraction of sp³-hybridized carbons (Fsp3) is 0.143. The molecule has 0 aliphatic heterocycles. The molecule has 5 nitrogen and oxygen atoms in total. The van der Waals surface area contributed by atoms with Crippen molar-refractivity contribution in [1.82, 2.24) is 4.98 Å². The van der Waals surface area contributed by atoms with Crippen molar-refractivity contribution in [2.45, 2.75) is 0 Å². The Morgan fingerprint density at radius 3 is 2.57 bits per heavy atom. The largest absolute Gasteiger partial charge is 0.495 e. The van der Waals surface area contributed by atoms with Crippen LogP contribution in [0.4, 0.5) is 11.4 Å². The predicted molar refractivity (Wildman–Crippen MR) is 88.6 cm³/mol. The molecule has 0 saturated heterocycles. The summed E-state index contributed by atoms with van der Waals surface area (Å²) in [7, 11) is 3.10. The lowest BCUT2D eigenvalue weighted by Crippen LogP contribution is -2.19. The third-order valence-electron chi connectivity index (χ3n) is 2.64. The van der Waals surface area contributed by atoms with Gasteiger partial charge in [0.15, 0.2) is 5.11 Å². The minimum Gasteiger partial charge on any atom is -0.495 e. The zero-order valence-electron chi connectivity index (χ0n) is 11.5. The first-order chi connectivity index (χ1) is 10.1. The van der Waals surface area contributed by atoms with Gasteiger partial charge in [-0.2, -0.15) is 0 Å². The van der Waals surface area contributed by atoms with E-state index >= 15 is 0 Å². The van der Waals surface area contributed by atoms with E-state index in [0.29, 0.717) is 27.3 Å². The van der Waals surface area contributed by atoms with Crippen molar-refractivity contribution in [2.75, 3.05) is 24.9 Å². The van der Waals surface area contributed by atoms with Crippen LogP contribution in [0.3, 0.4) is 0 Å². The summed E-state index contributed by atoms with van der Waals surface area (Å²) >= 11 is 11.3. The molecule has 0 unspecified atom stereocenters. The van der Waals surface area contributed by atoms with Crippen molar-refractivity contribution in [3.8, 4) is 11.5 Å². The van der Waals surface area contributed by atoms with Crippen LogP contribution >= 0.6 is 23.8 Å². The average Bonchev–Trinajstić information content (AvgIpc) is 2.49. The second-order valence-corrected chi connectivity index (χ2v) is 4.82. The molecule has 2 rings (SSSR count). The third kappa shape index (κ3) is 3.96. The van der Waals surface area contributed by atoms with Crippen LogP contribution in [0.2, 0.25) is 5.02 Å². The third-order valence-corrected chi connectivity index (χ3v) is 3.14. The molecule has 0 radical (unpaired) electrons. The number of ether oxygens (including phenoxy) is 2. The van der Waals surface area contributed by atoms with Gasteiger partial charge in [-0.3, -0.25) is 4.98 Å². The second kappa shape index (κ2) is 7.10. The summed E-state index contributed by atoms with van der Waals surface area (Å²) < 4.78 is 10.5. The van der Waals surface area contributed by atoms with Gasteiger partial charge >= 0.3 is 0 Å². The van der Waals surface area contributed by atoms with Crippen molar-refractivity contribution in [2.24, 2.45) is 0 Å². The molecule has 2 aromatic rings. The molecule has 110 valence electrons. The number of hydrogen-bond acceptors (Lipinski definition) is 4. The Hall–Kier alpha value is -2.05. The van der Waals surface area contributed by atoms with Crippen molar-refractivity contribution in [1.29, 1.82) is 0 Å². The number of hydrogen-bond donors (Lipinski definition) is 2. The van der Waals surface area contributed by atoms with Gasteiger partial charge in [0.25, 0.3) is 0 Å². The van der Waals surface area contributed by atoms with Gasteiger partial charge in [0, 0.05) is 18.3 Å². The Morgan fingerprint density at radius 1 is 1.19 bits per heavy atom. The van der Waals surface area contributed by atoms with Crippen LogP contribution in [0.5, 0.6) is 11.5 Å². The van der Waals surface area contributed by atoms with Gasteiger partial charge in [-0.15, -0.1) is 0 Å². The molecule has 0 atom stereocenters. The fourth-order valence-corrected chi connectivity index (χ4v) is 2.14. The van der Waals surface area contributed by atoms with Gasteiger partial charge in [-0.1, -0.05) is 11.6 Å². The Morgan fingerprint density at radius 2 is 1.95 bits per heavy atom. The van der Waals surface area contributed by atoms with Gasteiger partial charge in [0.2, 0.25) is 0 Å². The lowest BCUT2D eigenvalue weighted by atomic mass is 10.2. The molecule has 0 fully saturated rings. The number of anilines is 2. The van der Waals surface area contributed by atoms with Crippen LogP contribution in [0.1, 0.15) is 0 Å². The van der Waals surface area contributed by atoms with Gasteiger partial charge in [0.05, 0.1) is 36.8 Å². The highest BCUT2D eigenvalue weighted by Gasteiger charge is 2.11. The molecule has 0 amide bonds. The standard InChI is InChI=1S/C14H14ClN3O2S/c1-19-12-7-11(13(20-2)6-10(12)15)18-14(21)17-9-4-3-5-16-8-9/h3-8H,1-2H3,(H2,17,18,21). The predicted octanol–water partition coefficient (Wildman–Crippen LogP) is 3.56. The molecule has 1 aromatic carbocycles. The molecule has 0 saturated carbocycles. The molecular formula is C14H14ClN3O2S. The highest BCUT2D eigenvalue weighted by Crippen LogP contribution is 2.35. The summed E-state index contributed by atoms with van der Waals surface area (Å²) in [5.74, 6) is 1.10. The first kappa shape index (κ1) is 15.3. The van der Waals surface area contributed by atoms with Crippen LogP contribution in [0, 0.1) is 0 Å². The van der Waals surface area contributed by atoms with E-state index in [1.54, 1.807) is 38.7 Å². The molecule has 21 heavy (non-hydrogen) atoms. The van der Waals surface area contributed by atoms with Crippen LogP contribution < -0.4 is 20.1 Å². The van der Waals surface area contributed by atoms with Crippen molar-refractivity contribution in [3.05, 3.63) is 41.7 Å². The van der Waals surface area contributed by atoms with E-state index < -0.39 is 0 Å². The zero-order chi connectivity index (χ0) is 15.2. The number of aromatic nitrogens is 1. The molecular weight excluding hydrogens is 310 g/mol. The molecule has 1 aromatic heterocycles. The highest BCUT2D eigenvalue weighted by atomic mass is 35.5. The Kier molecular flexibility index (Phi) is 5.19. The number of nitrogens with zero attached hydrogens (tertiary/aromatic N) is 1. The van der Waals surface area contributed by atoms with Crippen molar-refractivity contribution >= 4 is 40.3 Å². The second-order valence-electron chi connectivity index (χ2n) is 4.01. The van der Waals surface area contributed by atoms with E-state index in [4.69, 9.17) is 33.3 Å². The van der Waals surface area contributed by atoms with Gasteiger partial charge < -0.3 is 20.1 Å². The summed E-state index contributed by atoms with van der Waals surface area (Å²) in [6.07, 6.45) is 3.36. The number of rotatable bonds is 4. The maximum Gasteiger partial charge on any atom is 0.175 e. The summed E-state index contributed by atoms with van der Waals surface area (Å²) in [5.41, 5.74) is 1.44. The first-order valence-electron chi connectivity index (χ1n) is 6.03. The quantitative estimate of drug-likeness (QED) is 0.839. The molecule has 0 aliphatic carbocycles. The summed E-state index contributed by atoms with van der Waals surface area (Å²) in [4.78, 5) is 4.01. The van der Waals surface area contributed by atoms with Crippen LogP contribution in [-0.2, 0) is 0 Å². The van der Waals surface area contributed by atoms with Crippen molar-refractivity contribution < 1.29 is 9.47 Å². The lowest BCUT2D eigenvalue weighted by Gasteiger charge is -2.15. The lowest BCUT2D eigenvalue weighted by molar-refractivity contribution is 0.405. The minimum absolute atomic E-state index is 0.408. The monoisotopic (exact) mass is 323 g/mol. The summed E-state index contributed by atoms with van der Waals surface area (Å²) in [5, 5.41) is 6.93. The summed E-state index contributed by atoms with van der Waals surface area (Å²) in [6.45, 7) is 0. The molecule has 0 spiro atoms. The van der Waals surface area contributed by atoms with E-state index in [-0.39, 0.29) is 0 Å². The van der Waals surface area contributed by atoms with Crippen LogP contribution in [-0.4, -0.2) is 24.3 Å². The van der Waals surface area contributed by atoms with Gasteiger partial charge in [-0.05, 0) is 24.4 Å². The zero-order valence-corrected chi connectivity index (χ0v) is 13.1. The van der Waals surface area contributed by atoms with E-state index in [2.05, 4.69) is 15.6 Å². The van der Waals surface area contributed by atoms with E-state index in [1.165, 1.54) is 0 Å². The highest BCUT2D eigenvalue weighted by molar-refractivity contribution is 7.80. The molecule has 0 bridgehead atoms. The normalized spacial score (nSPS) is 9.86. The average molecular weight is 324 g/mol. The van der Waals surface area contributed by atoms with E-state index in [9.17, 15) is 0 Å². The minimum atomic E-state index is 0.408. The Labute approximate surface area is 133 Å². The van der Waals surface area contributed by atoms with Gasteiger partial charge in [-0.25, -0.2) is 0 Å². The number of nitrogens with one attached hydrogen (secondary N) is 2. The number of halogens is 1. The smallest absolute Gasteiger partial charge is 0.175 e. The Bertz CT molecular complexity index is 638. The molecule has 0 aliphatic rings. The summed E-state index contributed by atoms with van der Waals surface area (Å²) in [6, 6.07) is 7.06. The van der Waals surface area contributed by atoms with E-state index in [0.717, 1.165) is 5.69 Å². The van der Waals surface area contributed by atoms with Gasteiger partial charge in [0.1, 0.15) is 11.5 Å². The fourth-order valence-electron chi connectivity index (χ4n) is 1.68. The molecule has 7 heteroatoms. The number of pyridine rings is 1. The molecule has 1 heterocycles. The number of thiocarbonyl (C=S) groups is 1. The van der Waals surface area contributed by atoms with E-state index in [1.807, 2.05) is 12.1 Å². The topological polar surface area (TPSA) is 55.4 Å². The van der Waals surface area contributed by atoms with Crippen LogP contribution in [0.25, 0.3) is 0 Å². The maximum atomic E-state index is 6.06. The van der Waals surface area contributed by atoms with Crippen LogP contribution in [0.15, 0.2) is 36.7 Å². The Balaban J connectivity index is 2.16. The molecule has 2 N–H and O–H groups in total. The first-order valence-corrected chi connectivity index (χ1v) is 6.82. The SMILES string of the molecule is COc1cc(NC(=S)Nc2cccnc2)c(OC)cc1Cl. The number of benzene rings is 1. The maximum absolute atomic E-state index is 6.06. The van der Waals surface area contributed by atoms with Crippen molar-refractivity contribution in [3.63, 3.8) is 0 Å². The number of methoxy groups -OCH3 is 2.